The van der Waals surface area contributed by atoms with E-state index in [-0.39, 0.29) is 17.8 Å². The number of ether oxygens (including phenoxy) is 2. The molecule has 0 radical (unpaired) electrons. The molecule has 5 aliphatic rings. The van der Waals surface area contributed by atoms with Crippen molar-refractivity contribution in [2.45, 2.75) is 37.4 Å². The summed E-state index contributed by atoms with van der Waals surface area (Å²) >= 11 is 0. The Balaban J connectivity index is 1.37. The zero-order chi connectivity index (χ0) is 30.1. The first-order valence-corrected chi connectivity index (χ1v) is 14.1. The van der Waals surface area contributed by atoms with Crippen LogP contribution in [0.1, 0.15) is 47.1 Å². The SMILES string of the molecule is Cc1ccc(N2C(=O)C3C4c5ccccc5C(/C=N/NC(=O)CC5(C)OCCO5)(c5ccccc54)C3C2=O)c([N+](=O)[O-])c1. The van der Waals surface area contributed by atoms with Crippen LogP contribution in [0.5, 0.6) is 0 Å². The van der Waals surface area contributed by atoms with E-state index in [9.17, 15) is 24.5 Å². The van der Waals surface area contributed by atoms with Crippen molar-refractivity contribution in [1.29, 1.82) is 0 Å². The second-order valence-electron chi connectivity index (χ2n) is 11.6. The minimum atomic E-state index is -1.23. The highest BCUT2D eigenvalue weighted by molar-refractivity contribution is 6.25. The normalized spacial score (nSPS) is 26.4. The van der Waals surface area contributed by atoms with Crippen LogP contribution in [0.15, 0.2) is 71.8 Å². The Morgan fingerprint density at radius 1 is 1.05 bits per heavy atom. The van der Waals surface area contributed by atoms with E-state index in [0.29, 0.717) is 18.8 Å². The van der Waals surface area contributed by atoms with Gasteiger partial charge in [-0.2, -0.15) is 5.10 Å². The molecule has 2 heterocycles. The van der Waals surface area contributed by atoms with Gasteiger partial charge in [0.15, 0.2) is 5.79 Å². The van der Waals surface area contributed by atoms with Crippen molar-refractivity contribution in [3.8, 4) is 0 Å². The van der Waals surface area contributed by atoms with Gasteiger partial charge >= 0.3 is 0 Å². The molecule has 43 heavy (non-hydrogen) atoms. The maximum atomic E-state index is 14.5. The molecule has 11 nitrogen and oxygen atoms in total. The van der Waals surface area contributed by atoms with E-state index in [1.54, 1.807) is 26.1 Å². The van der Waals surface area contributed by atoms with E-state index in [4.69, 9.17) is 9.47 Å². The number of nitrogens with zero attached hydrogens (tertiary/aromatic N) is 3. The van der Waals surface area contributed by atoms with Gasteiger partial charge in [0, 0.05) is 18.2 Å². The lowest BCUT2D eigenvalue weighted by atomic mass is 9.47. The van der Waals surface area contributed by atoms with Crippen molar-refractivity contribution < 1.29 is 28.8 Å². The monoisotopic (exact) mass is 580 g/mol. The Labute approximate surface area is 246 Å². The van der Waals surface area contributed by atoms with Gasteiger partial charge in [0.1, 0.15) is 5.69 Å². The van der Waals surface area contributed by atoms with Gasteiger partial charge in [0.05, 0.1) is 41.8 Å². The molecule has 0 aromatic heterocycles. The molecule has 2 atom stereocenters. The average molecular weight is 581 g/mol. The molecule has 0 saturated carbocycles. The van der Waals surface area contributed by atoms with E-state index >= 15 is 0 Å². The molecule has 2 unspecified atom stereocenters. The van der Waals surface area contributed by atoms with Crippen molar-refractivity contribution in [3.63, 3.8) is 0 Å². The maximum Gasteiger partial charge on any atom is 0.293 e. The largest absolute Gasteiger partial charge is 0.347 e. The number of hydrogen-bond acceptors (Lipinski definition) is 8. The summed E-state index contributed by atoms with van der Waals surface area (Å²) in [5.74, 6) is -4.76. The summed E-state index contributed by atoms with van der Waals surface area (Å²) in [5, 5.41) is 16.4. The quantitative estimate of drug-likeness (QED) is 0.203. The first-order chi connectivity index (χ1) is 20.7. The molecule has 3 aliphatic carbocycles. The molecule has 3 aromatic carbocycles. The van der Waals surface area contributed by atoms with Crippen LogP contribution in [-0.4, -0.2) is 47.9 Å². The number of carbonyl (C=O) groups excluding carboxylic acids is 3. The van der Waals surface area contributed by atoms with Crippen molar-refractivity contribution in [3.05, 3.63) is 105 Å². The van der Waals surface area contributed by atoms with Crippen LogP contribution in [0.3, 0.4) is 0 Å². The molecular weight excluding hydrogens is 552 g/mol. The standard InChI is InChI=1S/C32H28N4O7/c1-18-11-12-23(24(15-18)36(40)41)35-29(38)27-26-19-7-3-5-9-21(19)32(28(27)30(35)39,22-10-6-4-8-20(22)26)17-33-34-25(37)16-31(2)42-13-14-43-31/h3-12,15,17,26-28H,13-14,16H2,1-2H3,(H,34,37)/b33-17+. The van der Waals surface area contributed by atoms with E-state index in [1.807, 2.05) is 48.5 Å². The van der Waals surface area contributed by atoms with Gasteiger partial charge in [-0.05, 0) is 47.7 Å². The third-order valence-electron chi connectivity index (χ3n) is 9.09. The summed E-state index contributed by atoms with van der Waals surface area (Å²) in [6.07, 6.45) is 1.47. The van der Waals surface area contributed by atoms with Crippen LogP contribution < -0.4 is 10.3 Å². The van der Waals surface area contributed by atoms with Gasteiger partial charge in [-0.3, -0.25) is 24.5 Å². The summed E-state index contributed by atoms with van der Waals surface area (Å²) < 4.78 is 11.1. The number of aryl methyl sites for hydroxylation is 1. The van der Waals surface area contributed by atoms with Crippen LogP contribution in [0.2, 0.25) is 0 Å². The second-order valence-corrected chi connectivity index (χ2v) is 11.6. The lowest BCUT2D eigenvalue weighted by Crippen LogP contribution is -2.54. The van der Waals surface area contributed by atoms with Crippen molar-refractivity contribution in [1.82, 2.24) is 5.43 Å². The van der Waals surface area contributed by atoms with Crippen LogP contribution >= 0.6 is 0 Å². The van der Waals surface area contributed by atoms with E-state index in [0.717, 1.165) is 27.2 Å². The number of benzene rings is 3. The Kier molecular flexibility index (Phi) is 6.08. The van der Waals surface area contributed by atoms with Gasteiger partial charge in [-0.1, -0.05) is 54.6 Å². The number of anilines is 1. The van der Waals surface area contributed by atoms with Crippen LogP contribution in [0.4, 0.5) is 11.4 Å². The zero-order valence-corrected chi connectivity index (χ0v) is 23.5. The highest BCUT2D eigenvalue weighted by Crippen LogP contribution is 2.64. The third-order valence-corrected chi connectivity index (χ3v) is 9.09. The zero-order valence-electron chi connectivity index (χ0n) is 23.5. The van der Waals surface area contributed by atoms with Gasteiger partial charge in [0.2, 0.25) is 17.7 Å². The number of rotatable bonds is 6. The minimum absolute atomic E-state index is 0.0577. The maximum absolute atomic E-state index is 14.5. The first-order valence-electron chi connectivity index (χ1n) is 14.1. The van der Waals surface area contributed by atoms with Crippen molar-refractivity contribution >= 4 is 35.3 Å². The van der Waals surface area contributed by atoms with Crippen LogP contribution in [-0.2, 0) is 29.3 Å². The number of nitrogens with one attached hydrogen (secondary N) is 1. The number of hydrogen-bond donors (Lipinski definition) is 1. The predicted octanol–water partition coefficient (Wildman–Crippen LogP) is 3.71. The summed E-state index contributed by atoms with van der Waals surface area (Å²) in [6.45, 7) is 4.17. The Hall–Kier alpha value is -4.74. The fourth-order valence-electron chi connectivity index (χ4n) is 7.45. The van der Waals surface area contributed by atoms with Gasteiger partial charge in [-0.25, -0.2) is 10.3 Å². The molecule has 3 amide bonds. The predicted molar refractivity (Wildman–Crippen MR) is 154 cm³/mol. The van der Waals surface area contributed by atoms with Crippen molar-refractivity contribution in [2.75, 3.05) is 18.1 Å². The number of carbonyl (C=O) groups is 3. The molecule has 2 saturated heterocycles. The fourth-order valence-corrected chi connectivity index (χ4v) is 7.45. The van der Waals surface area contributed by atoms with Gasteiger partial charge in [-0.15, -0.1) is 0 Å². The van der Waals surface area contributed by atoms with Crippen LogP contribution in [0, 0.1) is 28.9 Å². The van der Waals surface area contributed by atoms with E-state index in [1.165, 1.54) is 12.1 Å². The van der Waals surface area contributed by atoms with E-state index < -0.39 is 51.6 Å². The smallest absolute Gasteiger partial charge is 0.293 e. The lowest BCUT2D eigenvalue weighted by molar-refractivity contribution is -0.384. The topological polar surface area (TPSA) is 140 Å². The van der Waals surface area contributed by atoms with Gasteiger partial charge < -0.3 is 9.47 Å². The molecular formula is C32H28N4O7. The first kappa shape index (κ1) is 27.1. The highest BCUT2D eigenvalue weighted by atomic mass is 16.7. The summed E-state index contributed by atoms with van der Waals surface area (Å²) in [6, 6.07) is 19.7. The molecule has 3 aromatic rings. The molecule has 0 spiro atoms. The summed E-state index contributed by atoms with van der Waals surface area (Å²) in [7, 11) is 0. The molecule has 8 rings (SSSR count). The fraction of sp³-hybridized carbons (Fsp3) is 0.312. The molecule has 218 valence electrons. The minimum Gasteiger partial charge on any atom is -0.347 e. The van der Waals surface area contributed by atoms with Crippen LogP contribution in [0.25, 0.3) is 0 Å². The second kappa shape index (κ2) is 9.65. The third kappa shape index (κ3) is 3.88. The average Bonchev–Trinajstić information content (AvgIpc) is 3.53. The number of imide groups is 1. The highest BCUT2D eigenvalue weighted by Gasteiger charge is 2.68. The number of nitro benzene ring substituents is 1. The Morgan fingerprint density at radius 2 is 1.67 bits per heavy atom. The van der Waals surface area contributed by atoms with Crippen molar-refractivity contribution in [2.24, 2.45) is 16.9 Å². The molecule has 2 fully saturated rings. The molecule has 2 bridgehead atoms. The summed E-state index contributed by atoms with van der Waals surface area (Å²) in [4.78, 5) is 54.1. The Bertz CT molecular complexity index is 1700. The van der Waals surface area contributed by atoms with E-state index in [2.05, 4.69) is 10.5 Å². The number of hydrazone groups is 1. The lowest BCUT2D eigenvalue weighted by Gasteiger charge is -2.52. The van der Waals surface area contributed by atoms with Gasteiger partial charge in [0.25, 0.3) is 5.69 Å². The number of nitro groups is 1. The Morgan fingerprint density at radius 3 is 2.30 bits per heavy atom. The molecule has 2 aliphatic heterocycles. The molecule has 11 heteroatoms. The summed E-state index contributed by atoms with van der Waals surface area (Å²) in [5.41, 5.74) is 4.95. The molecule has 1 N–H and O–H groups in total. The number of amides is 3.